The zero-order chi connectivity index (χ0) is 16.1. The zero-order valence-electron chi connectivity index (χ0n) is 12.4. The second-order valence-electron chi connectivity index (χ2n) is 4.97. The molecular formula is C15H17BrN4O2. The van der Waals surface area contributed by atoms with Crippen molar-refractivity contribution in [3.05, 3.63) is 52.3 Å². The van der Waals surface area contributed by atoms with Gasteiger partial charge in [-0.15, -0.1) is 0 Å². The molecular weight excluding hydrogens is 348 g/mol. The third-order valence-corrected chi connectivity index (χ3v) is 3.58. The molecule has 22 heavy (non-hydrogen) atoms. The van der Waals surface area contributed by atoms with Crippen molar-refractivity contribution in [3.63, 3.8) is 0 Å². The Hall–Kier alpha value is -2.15. The lowest BCUT2D eigenvalue weighted by Crippen LogP contribution is -2.37. The molecule has 0 fully saturated rings. The minimum Gasteiger partial charge on any atom is -0.343 e. The maximum absolute atomic E-state index is 12.0. The van der Waals surface area contributed by atoms with Crippen molar-refractivity contribution in [3.8, 4) is 0 Å². The molecule has 0 spiro atoms. The molecule has 2 amide bonds. The number of rotatable bonds is 5. The summed E-state index contributed by atoms with van der Waals surface area (Å²) < 4.78 is 2.50. The van der Waals surface area contributed by atoms with Gasteiger partial charge >= 0.3 is 0 Å². The van der Waals surface area contributed by atoms with E-state index in [1.165, 1.54) is 0 Å². The molecule has 116 valence electrons. The number of amides is 2. The summed E-state index contributed by atoms with van der Waals surface area (Å²) in [7, 11) is 3.52. The van der Waals surface area contributed by atoms with Crippen LogP contribution >= 0.6 is 15.9 Å². The summed E-state index contributed by atoms with van der Waals surface area (Å²) in [5.74, 6) is -0.434. The normalized spacial score (nSPS) is 10.3. The number of carbonyl (C=O) groups is 2. The molecule has 0 unspecified atom stereocenters. The summed E-state index contributed by atoms with van der Waals surface area (Å²) in [6, 6.07) is 7.02. The minimum absolute atomic E-state index is 0.0396. The van der Waals surface area contributed by atoms with Crippen LogP contribution in [0, 0.1) is 0 Å². The summed E-state index contributed by atoms with van der Waals surface area (Å²) >= 11 is 3.31. The number of halogens is 1. The fraction of sp³-hybridized carbons (Fsp3) is 0.267. The van der Waals surface area contributed by atoms with Gasteiger partial charge in [-0.05, 0) is 18.2 Å². The Kier molecular flexibility index (Phi) is 5.32. The molecule has 0 aliphatic rings. The zero-order valence-corrected chi connectivity index (χ0v) is 14.0. The molecule has 1 N–H and O–H groups in total. The maximum atomic E-state index is 12.0. The highest BCUT2D eigenvalue weighted by Crippen LogP contribution is 2.11. The van der Waals surface area contributed by atoms with Crippen molar-refractivity contribution in [1.29, 1.82) is 0 Å². The summed E-state index contributed by atoms with van der Waals surface area (Å²) in [6.45, 7) is 0.418. The van der Waals surface area contributed by atoms with Crippen LogP contribution in [0.4, 0.5) is 0 Å². The minimum atomic E-state index is -0.274. The Morgan fingerprint density at radius 3 is 2.82 bits per heavy atom. The Balaban J connectivity index is 1.85. The molecule has 6 nitrogen and oxygen atoms in total. The van der Waals surface area contributed by atoms with Gasteiger partial charge in [0.25, 0.3) is 5.91 Å². The second-order valence-corrected chi connectivity index (χ2v) is 5.88. The van der Waals surface area contributed by atoms with Gasteiger partial charge in [0.2, 0.25) is 5.91 Å². The van der Waals surface area contributed by atoms with Crippen LogP contribution in [0.2, 0.25) is 0 Å². The van der Waals surface area contributed by atoms with Gasteiger partial charge in [0.15, 0.2) is 0 Å². The van der Waals surface area contributed by atoms with Gasteiger partial charge in [-0.25, -0.2) is 0 Å². The van der Waals surface area contributed by atoms with Gasteiger partial charge in [-0.2, -0.15) is 5.10 Å². The molecule has 0 saturated carbocycles. The number of benzene rings is 1. The van der Waals surface area contributed by atoms with E-state index in [1.807, 2.05) is 19.3 Å². The molecule has 1 aromatic carbocycles. The van der Waals surface area contributed by atoms with Crippen LogP contribution in [0.1, 0.15) is 15.9 Å². The molecule has 0 aliphatic heterocycles. The monoisotopic (exact) mass is 364 g/mol. The Bertz CT molecular complexity index is 684. The maximum Gasteiger partial charge on any atom is 0.251 e. The van der Waals surface area contributed by atoms with E-state index in [-0.39, 0.29) is 18.4 Å². The number of nitrogens with one attached hydrogen (secondary N) is 1. The van der Waals surface area contributed by atoms with Crippen molar-refractivity contribution in [2.75, 3.05) is 13.6 Å². The van der Waals surface area contributed by atoms with E-state index in [1.54, 1.807) is 41.0 Å². The van der Waals surface area contributed by atoms with Gasteiger partial charge in [-0.1, -0.05) is 22.0 Å². The number of nitrogens with zero attached hydrogens (tertiary/aromatic N) is 3. The molecule has 0 radical (unpaired) electrons. The number of aromatic nitrogens is 2. The number of hydrogen-bond acceptors (Lipinski definition) is 3. The smallest absolute Gasteiger partial charge is 0.251 e. The van der Waals surface area contributed by atoms with Crippen molar-refractivity contribution >= 4 is 27.7 Å². The third-order valence-electron chi connectivity index (χ3n) is 3.09. The van der Waals surface area contributed by atoms with Crippen LogP contribution in [0.5, 0.6) is 0 Å². The first-order valence-corrected chi connectivity index (χ1v) is 7.50. The Morgan fingerprint density at radius 2 is 2.18 bits per heavy atom. The predicted octanol–water partition coefficient (Wildman–Crippen LogP) is 1.57. The number of carbonyl (C=O) groups excluding carboxylic acids is 2. The molecule has 0 bridgehead atoms. The predicted molar refractivity (Wildman–Crippen MR) is 86.2 cm³/mol. The van der Waals surface area contributed by atoms with Gasteiger partial charge in [0.05, 0.1) is 12.7 Å². The fourth-order valence-electron chi connectivity index (χ4n) is 1.94. The first kappa shape index (κ1) is 16.2. The molecule has 7 heteroatoms. The highest BCUT2D eigenvalue weighted by atomic mass is 79.9. The molecule has 2 aromatic rings. The van der Waals surface area contributed by atoms with Crippen molar-refractivity contribution in [2.45, 2.75) is 6.54 Å². The van der Waals surface area contributed by atoms with Crippen LogP contribution in [-0.4, -0.2) is 40.1 Å². The lowest BCUT2D eigenvalue weighted by Gasteiger charge is -2.16. The van der Waals surface area contributed by atoms with Crippen LogP contribution in [0.3, 0.4) is 0 Å². The average Bonchev–Trinajstić information content (AvgIpc) is 2.89. The van der Waals surface area contributed by atoms with Crippen LogP contribution in [-0.2, 0) is 18.4 Å². The van der Waals surface area contributed by atoms with Crippen molar-refractivity contribution < 1.29 is 9.59 Å². The van der Waals surface area contributed by atoms with E-state index in [0.717, 1.165) is 10.0 Å². The Labute approximate surface area is 137 Å². The quantitative estimate of drug-likeness (QED) is 0.875. The van der Waals surface area contributed by atoms with E-state index in [9.17, 15) is 9.59 Å². The fourth-order valence-corrected chi connectivity index (χ4v) is 2.34. The van der Waals surface area contributed by atoms with Gasteiger partial charge in [0.1, 0.15) is 0 Å². The lowest BCUT2D eigenvalue weighted by atomic mass is 10.2. The summed E-state index contributed by atoms with van der Waals surface area (Å²) in [4.78, 5) is 25.6. The highest BCUT2D eigenvalue weighted by molar-refractivity contribution is 9.10. The highest BCUT2D eigenvalue weighted by Gasteiger charge is 2.12. The second kappa shape index (κ2) is 7.22. The first-order chi connectivity index (χ1) is 10.5. The average molecular weight is 365 g/mol. The van der Waals surface area contributed by atoms with E-state index in [4.69, 9.17) is 0 Å². The largest absolute Gasteiger partial charge is 0.343 e. The van der Waals surface area contributed by atoms with E-state index >= 15 is 0 Å². The van der Waals surface area contributed by atoms with E-state index in [0.29, 0.717) is 12.1 Å². The molecule has 0 saturated heterocycles. The number of aryl methyl sites for hydroxylation is 1. The van der Waals surface area contributed by atoms with Crippen LogP contribution in [0.15, 0.2) is 41.1 Å². The van der Waals surface area contributed by atoms with E-state index < -0.39 is 0 Å². The molecule has 0 aliphatic carbocycles. The number of likely N-dealkylation sites (N-methyl/N-ethyl adjacent to an activating group) is 1. The van der Waals surface area contributed by atoms with Crippen LogP contribution in [0.25, 0.3) is 0 Å². The van der Waals surface area contributed by atoms with Crippen LogP contribution < -0.4 is 5.32 Å². The van der Waals surface area contributed by atoms with Gasteiger partial charge < -0.3 is 10.2 Å². The summed E-state index contributed by atoms with van der Waals surface area (Å²) in [6.07, 6.45) is 3.56. The first-order valence-electron chi connectivity index (χ1n) is 6.71. The van der Waals surface area contributed by atoms with Crippen molar-refractivity contribution in [1.82, 2.24) is 20.0 Å². The molecule has 1 heterocycles. The standard InChI is InChI=1S/C15H17BrN4O2/c1-19(9-11-7-18-20(2)10-11)14(21)8-17-15(22)12-4-3-5-13(16)6-12/h3-7,10H,8-9H2,1-2H3,(H,17,22). The van der Waals surface area contributed by atoms with Crippen molar-refractivity contribution in [2.24, 2.45) is 7.05 Å². The van der Waals surface area contributed by atoms with Gasteiger partial charge in [0, 0.05) is 42.4 Å². The van der Waals surface area contributed by atoms with E-state index in [2.05, 4.69) is 26.3 Å². The topological polar surface area (TPSA) is 67.2 Å². The summed E-state index contributed by atoms with van der Waals surface area (Å²) in [5, 5.41) is 6.68. The third kappa shape index (κ3) is 4.42. The SMILES string of the molecule is CN(Cc1cnn(C)c1)C(=O)CNC(=O)c1cccc(Br)c1. The Morgan fingerprint density at radius 1 is 1.41 bits per heavy atom. The number of hydrogen-bond donors (Lipinski definition) is 1. The molecule has 0 atom stereocenters. The lowest BCUT2D eigenvalue weighted by molar-refractivity contribution is -0.129. The molecule has 2 rings (SSSR count). The molecule has 1 aromatic heterocycles. The van der Waals surface area contributed by atoms with Gasteiger partial charge in [-0.3, -0.25) is 14.3 Å². The summed E-state index contributed by atoms with van der Waals surface area (Å²) in [5.41, 5.74) is 1.45.